The van der Waals surface area contributed by atoms with Gasteiger partial charge in [0.1, 0.15) is 0 Å². The van der Waals surface area contributed by atoms with E-state index < -0.39 is 35.9 Å². The van der Waals surface area contributed by atoms with Gasteiger partial charge in [-0.05, 0) is 18.9 Å². The van der Waals surface area contributed by atoms with E-state index in [1.807, 2.05) is 0 Å². The van der Waals surface area contributed by atoms with Crippen LogP contribution in [0, 0.1) is 17.3 Å². The van der Waals surface area contributed by atoms with Gasteiger partial charge in [-0.15, -0.1) is 0 Å². The number of nitrogens with one attached hydrogen (secondary N) is 1. The van der Waals surface area contributed by atoms with Crippen LogP contribution < -0.4 is 5.32 Å². The minimum absolute atomic E-state index is 0.0631. The fourth-order valence-corrected chi connectivity index (χ4v) is 2.99. The molecule has 2 aliphatic heterocycles. The van der Waals surface area contributed by atoms with E-state index in [-0.39, 0.29) is 32.0 Å². The van der Waals surface area contributed by atoms with Crippen molar-refractivity contribution in [1.82, 2.24) is 10.2 Å². The molecule has 2 rings (SSSR count). The van der Waals surface area contributed by atoms with Crippen LogP contribution in [0.25, 0.3) is 0 Å². The summed E-state index contributed by atoms with van der Waals surface area (Å²) in [6, 6.07) is 0. The summed E-state index contributed by atoms with van der Waals surface area (Å²) in [5.74, 6) is -3.20. The fourth-order valence-electron chi connectivity index (χ4n) is 2.99. The molecular weight excluding hydrogens is 277 g/mol. The van der Waals surface area contributed by atoms with E-state index in [0.717, 1.165) is 4.90 Å². The summed E-state index contributed by atoms with van der Waals surface area (Å²) in [7, 11) is 0. The third-order valence-electron chi connectivity index (χ3n) is 4.32. The average Bonchev–Trinajstić information content (AvgIpc) is 2.93. The topological polar surface area (TPSA) is 69.6 Å². The molecule has 2 aliphatic rings. The molecule has 114 valence electrons. The normalized spacial score (nSPS) is 34.5. The Morgan fingerprint density at radius 1 is 1.35 bits per heavy atom. The molecule has 0 aromatic carbocycles. The number of halogens is 3. The highest BCUT2D eigenvalue weighted by molar-refractivity contribution is 5.85. The average molecular weight is 294 g/mol. The fraction of sp³-hybridized carbons (Fsp3) is 0.833. The number of amides is 1. The first-order chi connectivity index (χ1) is 9.19. The number of nitrogens with zero attached hydrogens (tertiary/aromatic N) is 1. The van der Waals surface area contributed by atoms with Crippen molar-refractivity contribution in [3.05, 3.63) is 0 Å². The third-order valence-corrected chi connectivity index (χ3v) is 4.32. The number of hydrogen-bond donors (Lipinski definition) is 2. The minimum Gasteiger partial charge on any atom is -0.481 e. The number of rotatable bonds is 2. The standard InChI is InChI=1S/C12H17F3N2O3/c1-7-4-17(5-8(7)9(18)19)10(20)11(12(13,14)15)2-3-16-6-11/h7-8,16H,2-6H2,1H3,(H,18,19)/t7-,8-,11?/m1/s1. The molecular formula is C12H17F3N2O3. The predicted molar refractivity (Wildman–Crippen MR) is 62.8 cm³/mol. The summed E-state index contributed by atoms with van der Waals surface area (Å²) >= 11 is 0. The molecule has 2 fully saturated rings. The lowest BCUT2D eigenvalue weighted by Crippen LogP contribution is -2.53. The van der Waals surface area contributed by atoms with Gasteiger partial charge in [-0.1, -0.05) is 6.92 Å². The van der Waals surface area contributed by atoms with E-state index in [4.69, 9.17) is 5.11 Å². The molecule has 1 unspecified atom stereocenters. The van der Waals surface area contributed by atoms with E-state index in [1.54, 1.807) is 6.92 Å². The van der Waals surface area contributed by atoms with Gasteiger partial charge in [0.2, 0.25) is 5.91 Å². The maximum atomic E-state index is 13.3. The molecule has 2 saturated heterocycles. The van der Waals surface area contributed by atoms with Crippen LogP contribution in [-0.2, 0) is 9.59 Å². The van der Waals surface area contributed by atoms with E-state index in [2.05, 4.69) is 5.32 Å². The van der Waals surface area contributed by atoms with E-state index in [9.17, 15) is 22.8 Å². The highest BCUT2D eigenvalue weighted by Crippen LogP contribution is 2.45. The van der Waals surface area contributed by atoms with Crippen LogP contribution in [0.15, 0.2) is 0 Å². The lowest BCUT2D eigenvalue weighted by Gasteiger charge is -2.33. The molecule has 0 aliphatic carbocycles. The van der Waals surface area contributed by atoms with Gasteiger partial charge >= 0.3 is 12.1 Å². The van der Waals surface area contributed by atoms with Gasteiger partial charge in [-0.25, -0.2) is 0 Å². The van der Waals surface area contributed by atoms with E-state index in [1.165, 1.54) is 0 Å². The number of hydrogen-bond acceptors (Lipinski definition) is 3. The number of carboxylic acids is 1. The van der Waals surface area contributed by atoms with Crippen molar-refractivity contribution in [2.75, 3.05) is 26.2 Å². The van der Waals surface area contributed by atoms with Gasteiger partial charge in [0.25, 0.3) is 0 Å². The molecule has 8 heteroatoms. The zero-order chi connectivity index (χ0) is 15.1. The molecule has 0 radical (unpaired) electrons. The molecule has 5 nitrogen and oxygen atoms in total. The van der Waals surface area contributed by atoms with Crippen LogP contribution in [-0.4, -0.2) is 54.2 Å². The van der Waals surface area contributed by atoms with Crippen molar-refractivity contribution in [1.29, 1.82) is 0 Å². The lowest BCUT2D eigenvalue weighted by molar-refractivity contribution is -0.221. The SMILES string of the molecule is C[C@@H]1CN(C(=O)C2(C(F)(F)F)CCNC2)C[C@H]1C(=O)O. The van der Waals surface area contributed by atoms with Crippen molar-refractivity contribution < 1.29 is 27.9 Å². The molecule has 0 saturated carbocycles. The van der Waals surface area contributed by atoms with Gasteiger partial charge in [0, 0.05) is 19.6 Å². The first kappa shape index (κ1) is 15.1. The molecule has 0 aromatic heterocycles. The van der Waals surface area contributed by atoms with Gasteiger partial charge in [0.05, 0.1) is 5.92 Å². The van der Waals surface area contributed by atoms with Crippen LogP contribution >= 0.6 is 0 Å². The van der Waals surface area contributed by atoms with Gasteiger partial charge in [-0.3, -0.25) is 9.59 Å². The monoisotopic (exact) mass is 294 g/mol. The zero-order valence-electron chi connectivity index (χ0n) is 11.0. The maximum Gasteiger partial charge on any atom is 0.404 e. The first-order valence-electron chi connectivity index (χ1n) is 6.48. The van der Waals surface area contributed by atoms with Gasteiger partial charge in [-0.2, -0.15) is 13.2 Å². The Kier molecular flexibility index (Phi) is 3.70. The largest absolute Gasteiger partial charge is 0.481 e. The summed E-state index contributed by atoms with van der Waals surface area (Å²) in [4.78, 5) is 24.4. The van der Waals surface area contributed by atoms with Crippen molar-refractivity contribution in [3.8, 4) is 0 Å². The number of alkyl halides is 3. The molecule has 20 heavy (non-hydrogen) atoms. The Morgan fingerprint density at radius 3 is 2.40 bits per heavy atom. The predicted octanol–water partition coefficient (Wildman–Crippen LogP) is 0.707. The number of likely N-dealkylation sites (tertiary alicyclic amines) is 1. The Morgan fingerprint density at radius 2 is 2.00 bits per heavy atom. The molecule has 0 spiro atoms. The summed E-state index contributed by atoms with van der Waals surface area (Å²) in [6.07, 6.45) is -4.92. The summed E-state index contributed by atoms with van der Waals surface area (Å²) in [5, 5.41) is 11.6. The van der Waals surface area contributed by atoms with Crippen LogP contribution in [0.4, 0.5) is 13.2 Å². The Balaban J connectivity index is 2.21. The van der Waals surface area contributed by atoms with Crippen molar-refractivity contribution in [2.24, 2.45) is 17.3 Å². The highest BCUT2D eigenvalue weighted by atomic mass is 19.4. The molecule has 1 amide bonds. The smallest absolute Gasteiger partial charge is 0.404 e. The molecule has 0 bridgehead atoms. The van der Waals surface area contributed by atoms with Crippen LogP contribution in [0.2, 0.25) is 0 Å². The highest BCUT2D eigenvalue weighted by Gasteiger charge is 2.63. The van der Waals surface area contributed by atoms with Gasteiger partial charge in [0.15, 0.2) is 5.41 Å². The molecule has 2 heterocycles. The van der Waals surface area contributed by atoms with Crippen LogP contribution in [0.1, 0.15) is 13.3 Å². The Hall–Kier alpha value is -1.31. The molecule has 0 aromatic rings. The van der Waals surface area contributed by atoms with Gasteiger partial charge < -0.3 is 15.3 Å². The third kappa shape index (κ3) is 2.25. The minimum atomic E-state index is -4.63. The second-order valence-corrected chi connectivity index (χ2v) is 5.64. The number of carboxylic acid groups (broad SMARTS) is 1. The molecule has 3 atom stereocenters. The lowest BCUT2D eigenvalue weighted by atomic mass is 9.84. The summed E-state index contributed by atoms with van der Waals surface area (Å²) in [5.41, 5.74) is -2.40. The zero-order valence-corrected chi connectivity index (χ0v) is 11.0. The van der Waals surface area contributed by atoms with E-state index in [0.29, 0.717) is 0 Å². The van der Waals surface area contributed by atoms with Crippen molar-refractivity contribution in [2.45, 2.75) is 19.5 Å². The second kappa shape index (κ2) is 4.91. The quantitative estimate of drug-likeness (QED) is 0.787. The second-order valence-electron chi connectivity index (χ2n) is 5.64. The first-order valence-corrected chi connectivity index (χ1v) is 6.48. The number of carbonyl (C=O) groups is 2. The maximum absolute atomic E-state index is 13.3. The Bertz CT molecular complexity index is 419. The Labute approximate surface area is 114 Å². The van der Waals surface area contributed by atoms with Crippen LogP contribution in [0.5, 0.6) is 0 Å². The number of aliphatic carboxylic acids is 1. The molecule has 2 N–H and O–H groups in total. The van der Waals surface area contributed by atoms with E-state index >= 15 is 0 Å². The van der Waals surface area contributed by atoms with Crippen molar-refractivity contribution in [3.63, 3.8) is 0 Å². The van der Waals surface area contributed by atoms with Crippen molar-refractivity contribution >= 4 is 11.9 Å². The summed E-state index contributed by atoms with van der Waals surface area (Å²) in [6.45, 7) is 1.26. The number of carbonyl (C=O) groups excluding carboxylic acids is 1. The van der Waals surface area contributed by atoms with Crippen LogP contribution in [0.3, 0.4) is 0 Å². The summed E-state index contributed by atoms with van der Waals surface area (Å²) < 4.78 is 39.8.